The van der Waals surface area contributed by atoms with E-state index in [1.165, 1.54) is 0 Å². The lowest BCUT2D eigenvalue weighted by Crippen LogP contribution is -2.37. The summed E-state index contributed by atoms with van der Waals surface area (Å²) in [7, 11) is 0. The molecular formula is C20H26N2O3. The molecule has 2 aromatic rings. The molecule has 0 saturated heterocycles. The van der Waals surface area contributed by atoms with Gasteiger partial charge in [0.2, 0.25) is 0 Å². The van der Waals surface area contributed by atoms with E-state index < -0.39 is 6.10 Å². The van der Waals surface area contributed by atoms with Gasteiger partial charge in [0.25, 0.3) is 0 Å². The van der Waals surface area contributed by atoms with E-state index in [0.717, 1.165) is 22.3 Å². The van der Waals surface area contributed by atoms with Crippen LogP contribution in [0.5, 0.6) is 0 Å². The minimum atomic E-state index is -0.718. The van der Waals surface area contributed by atoms with Crippen molar-refractivity contribution in [3.05, 3.63) is 70.8 Å². The molecule has 0 bridgehead atoms. The van der Waals surface area contributed by atoms with Crippen LogP contribution in [0.25, 0.3) is 0 Å². The van der Waals surface area contributed by atoms with Gasteiger partial charge in [-0.15, -0.1) is 0 Å². The fourth-order valence-electron chi connectivity index (χ4n) is 2.48. The van der Waals surface area contributed by atoms with Crippen molar-refractivity contribution >= 4 is 6.03 Å². The van der Waals surface area contributed by atoms with Gasteiger partial charge in [0.15, 0.2) is 0 Å². The average Bonchev–Trinajstić information content (AvgIpc) is 2.64. The summed E-state index contributed by atoms with van der Waals surface area (Å²) in [6, 6.07) is 15.2. The maximum atomic E-state index is 11.9. The Hall–Kier alpha value is -2.37. The van der Waals surface area contributed by atoms with Crippen LogP contribution in [0.2, 0.25) is 0 Å². The summed E-state index contributed by atoms with van der Waals surface area (Å²) in [5.41, 5.74) is 3.95. The molecule has 2 amide bonds. The Morgan fingerprint density at radius 1 is 1.08 bits per heavy atom. The first-order valence-corrected chi connectivity index (χ1v) is 8.51. The highest BCUT2D eigenvalue weighted by molar-refractivity contribution is 5.73. The van der Waals surface area contributed by atoms with Crippen molar-refractivity contribution in [2.45, 2.75) is 33.1 Å². The summed E-state index contributed by atoms with van der Waals surface area (Å²) in [6.07, 6.45) is -0.718. The molecular weight excluding hydrogens is 316 g/mol. The van der Waals surface area contributed by atoms with E-state index in [-0.39, 0.29) is 12.6 Å². The van der Waals surface area contributed by atoms with E-state index in [1.807, 2.05) is 62.4 Å². The normalized spacial score (nSPS) is 11.8. The second-order valence-corrected chi connectivity index (χ2v) is 5.89. The molecule has 3 N–H and O–H groups in total. The van der Waals surface area contributed by atoms with Gasteiger partial charge < -0.3 is 20.5 Å². The minimum absolute atomic E-state index is 0.171. The summed E-state index contributed by atoms with van der Waals surface area (Å²) >= 11 is 0. The average molecular weight is 342 g/mol. The Balaban J connectivity index is 1.74. The molecule has 0 fully saturated rings. The number of nitrogens with one attached hydrogen (secondary N) is 2. The molecule has 0 aromatic heterocycles. The highest BCUT2D eigenvalue weighted by Crippen LogP contribution is 2.16. The third-order valence-corrected chi connectivity index (χ3v) is 3.95. The number of amides is 2. The van der Waals surface area contributed by atoms with Gasteiger partial charge in [-0.3, -0.25) is 0 Å². The summed E-state index contributed by atoms with van der Waals surface area (Å²) in [5.74, 6) is 0. The Morgan fingerprint density at radius 3 is 2.44 bits per heavy atom. The lowest BCUT2D eigenvalue weighted by atomic mass is 10.0. The fraction of sp³-hybridized carbons (Fsp3) is 0.350. The molecule has 0 aliphatic carbocycles. The molecule has 0 spiro atoms. The van der Waals surface area contributed by atoms with Crippen molar-refractivity contribution in [1.82, 2.24) is 10.6 Å². The zero-order valence-corrected chi connectivity index (χ0v) is 14.8. The van der Waals surface area contributed by atoms with E-state index in [1.54, 1.807) is 0 Å². The molecule has 0 aliphatic heterocycles. The van der Waals surface area contributed by atoms with Gasteiger partial charge in [-0.05, 0) is 36.1 Å². The largest absolute Gasteiger partial charge is 0.387 e. The van der Waals surface area contributed by atoms with Crippen molar-refractivity contribution in [1.29, 1.82) is 0 Å². The number of carbonyl (C=O) groups excluding carboxylic acids is 1. The molecule has 0 radical (unpaired) electrons. The lowest BCUT2D eigenvalue weighted by molar-refractivity contribution is 0.134. The summed E-state index contributed by atoms with van der Waals surface area (Å²) < 4.78 is 5.35. The zero-order valence-electron chi connectivity index (χ0n) is 14.8. The summed E-state index contributed by atoms with van der Waals surface area (Å²) in [4.78, 5) is 11.9. The van der Waals surface area contributed by atoms with Gasteiger partial charge in [0.05, 0.1) is 12.7 Å². The number of hydrogen-bond acceptors (Lipinski definition) is 3. The third-order valence-electron chi connectivity index (χ3n) is 3.95. The van der Waals surface area contributed by atoms with Crippen molar-refractivity contribution in [3.63, 3.8) is 0 Å². The number of benzene rings is 2. The Labute approximate surface area is 149 Å². The number of rotatable bonds is 8. The van der Waals surface area contributed by atoms with Crippen LogP contribution in [0.3, 0.4) is 0 Å². The molecule has 5 heteroatoms. The molecule has 1 unspecified atom stereocenters. The van der Waals surface area contributed by atoms with E-state index in [4.69, 9.17) is 4.74 Å². The van der Waals surface area contributed by atoms with Crippen molar-refractivity contribution in [2.75, 3.05) is 13.2 Å². The second-order valence-electron chi connectivity index (χ2n) is 5.89. The second kappa shape index (κ2) is 9.81. The van der Waals surface area contributed by atoms with E-state index >= 15 is 0 Å². The number of urea groups is 1. The van der Waals surface area contributed by atoms with E-state index in [2.05, 4.69) is 10.6 Å². The van der Waals surface area contributed by atoms with E-state index in [9.17, 15) is 9.90 Å². The predicted octanol–water partition coefficient (Wildman–Crippen LogP) is 3.06. The number of hydrogen-bond donors (Lipinski definition) is 3. The van der Waals surface area contributed by atoms with Gasteiger partial charge in [0, 0.05) is 19.7 Å². The standard InChI is InChI=1S/C20H26N2O3/c1-3-25-14-17-10-8-16(9-11-17)12-21-20(24)22-13-19(23)18-7-5-4-6-15(18)2/h4-11,19,23H,3,12-14H2,1-2H3,(H2,21,22,24). The molecule has 134 valence electrons. The number of ether oxygens (including phenoxy) is 1. The van der Waals surface area contributed by atoms with Gasteiger partial charge in [-0.2, -0.15) is 0 Å². The SMILES string of the molecule is CCOCc1ccc(CNC(=O)NCC(O)c2ccccc2C)cc1. The molecule has 0 saturated carbocycles. The first-order valence-electron chi connectivity index (χ1n) is 8.51. The Kier molecular flexibility index (Phi) is 7.44. The number of carbonyl (C=O) groups is 1. The zero-order chi connectivity index (χ0) is 18.1. The van der Waals surface area contributed by atoms with Crippen LogP contribution < -0.4 is 10.6 Å². The van der Waals surface area contributed by atoms with Crippen molar-refractivity contribution in [2.24, 2.45) is 0 Å². The topological polar surface area (TPSA) is 70.6 Å². The minimum Gasteiger partial charge on any atom is -0.387 e. The number of aliphatic hydroxyl groups is 1. The van der Waals surface area contributed by atoms with Gasteiger partial charge >= 0.3 is 6.03 Å². The first-order chi connectivity index (χ1) is 12.1. The molecule has 2 aromatic carbocycles. The molecule has 2 rings (SSSR count). The third kappa shape index (κ3) is 6.21. The fourth-order valence-corrected chi connectivity index (χ4v) is 2.48. The Bertz CT molecular complexity index is 671. The first kappa shape index (κ1) is 19.0. The van der Waals surface area contributed by atoms with Gasteiger partial charge in [0.1, 0.15) is 0 Å². The number of aliphatic hydroxyl groups excluding tert-OH is 1. The van der Waals surface area contributed by atoms with Crippen LogP contribution in [0.1, 0.15) is 35.3 Å². The van der Waals surface area contributed by atoms with Crippen molar-refractivity contribution < 1.29 is 14.6 Å². The molecule has 5 nitrogen and oxygen atoms in total. The lowest BCUT2D eigenvalue weighted by Gasteiger charge is -2.15. The summed E-state index contributed by atoms with van der Waals surface area (Å²) in [5, 5.41) is 15.7. The van der Waals surface area contributed by atoms with Crippen LogP contribution in [0.15, 0.2) is 48.5 Å². The monoisotopic (exact) mass is 342 g/mol. The highest BCUT2D eigenvalue weighted by atomic mass is 16.5. The summed E-state index contributed by atoms with van der Waals surface area (Å²) in [6.45, 7) is 5.80. The van der Waals surface area contributed by atoms with Crippen LogP contribution in [-0.2, 0) is 17.9 Å². The molecule has 1 atom stereocenters. The molecule has 0 aliphatic rings. The van der Waals surface area contributed by atoms with Crippen LogP contribution in [0, 0.1) is 6.92 Å². The van der Waals surface area contributed by atoms with E-state index in [0.29, 0.717) is 19.8 Å². The predicted molar refractivity (Wildman–Crippen MR) is 98.1 cm³/mol. The maximum Gasteiger partial charge on any atom is 0.315 e. The Morgan fingerprint density at radius 2 is 1.76 bits per heavy atom. The highest BCUT2D eigenvalue weighted by Gasteiger charge is 2.11. The molecule has 0 heterocycles. The van der Waals surface area contributed by atoms with Crippen molar-refractivity contribution in [3.8, 4) is 0 Å². The maximum absolute atomic E-state index is 11.9. The smallest absolute Gasteiger partial charge is 0.315 e. The van der Waals surface area contributed by atoms with Crippen LogP contribution in [0.4, 0.5) is 4.79 Å². The number of aryl methyl sites for hydroxylation is 1. The quantitative estimate of drug-likeness (QED) is 0.690. The van der Waals surface area contributed by atoms with Crippen LogP contribution >= 0.6 is 0 Å². The molecule has 25 heavy (non-hydrogen) atoms. The van der Waals surface area contributed by atoms with Gasteiger partial charge in [-0.1, -0.05) is 48.5 Å². The van der Waals surface area contributed by atoms with Crippen LogP contribution in [-0.4, -0.2) is 24.3 Å². The van der Waals surface area contributed by atoms with Gasteiger partial charge in [-0.25, -0.2) is 4.79 Å².